The molecule has 1 aromatic heterocycles. The summed E-state index contributed by atoms with van der Waals surface area (Å²) in [6.07, 6.45) is 1.92. The maximum absolute atomic E-state index is 13.5. The highest BCUT2D eigenvalue weighted by atomic mass is 19.4. The van der Waals surface area contributed by atoms with E-state index < -0.39 is 23.8 Å². The van der Waals surface area contributed by atoms with Crippen LogP contribution in [-0.2, 0) is 6.42 Å². The lowest BCUT2D eigenvalue weighted by Gasteiger charge is -2.32. The van der Waals surface area contributed by atoms with Crippen LogP contribution in [0.1, 0.15) is 49.3 Å². The lowest BCUT2D eigenvalue weighted by atomic mass is 9.76. The Morgan fingerprint density at radius 3 is 2.41 bits per heavy atom. The van der Waals surface area contributed by atoms with Crippen molar-refractivity contribution in [2.75, 3.05) is 0 Å². The Kier molecular flexibility index (Phi) is 5.02. The summed E-state index contributed by atoms with van der Waals surface area (Å²) in [5.41, 5.74) is 0.786. The van der Waals surface area contributed by atoms with Gasteiger partial charge in [-0.2, -0.15) is 0 Å². The molecule has 1 aromatic carbocycles. The average Bonchev–Trinajstić information content (AvgIpc) is 3.24. The molecule has 2 aliphatic rings. The number of benzene rings is 1. The molecule has 2 aromatic rings. The largest absolute Gasteiger partial charge is 0.573 e. The van der Waals surface area contributed by atoms with Gasteiger partial charge in [0.25, 0.3) is 0 Å². The van der Waals surface area contributed by atoms with Crippen LogP contribution in [0, 0.1) is 5.82 Å². The number of aromatic nitrogens is 1. The molecule has 0 spiro atoms. The summed E-state index contributed by atoms with van der Waals surface area (Å²) < 4.78 is 54.2. The van der Waals surface area contributed by atoms with Crippen LogP contribution in [0.3, 0.4) is 0 Å². The van der Waals surface area contributed by atoms with Crippen molar-refractivity contribution in [3.8, 4) is 5.75 Å². The van der Waals surface area contributed by atoms with Crippen molar-refractivity contribution < 1.29 is 27.4 Å². The van der Waals surface area contributed by atoms with Gasteiger partial charge >= 0.3 is 6.36 Å². The van der Waals surface area contributed by atoms with Crippen molar-refractivity contribution in [2.24, 2.45) is 0 Å². The number of ether oxygens (including phenoxy) is 1. The number of nitrogens with zero attached hydrogens (tertiary/aromatic N) is 1. The first-order valence-corrected chi connectivity index (χ1v) is 9.61. The van der Waals surface area contributed by atoms with E-state index in [9.17, 15) is 22.7 Å². The fraction of sp³-hybridized carbons (Fsp3) is 0.476. The summed E-state index contributed by atoms with van der Waals surface area (Å²) in [6, 6.07) is 7.24. The Hall–Kier alpha value is -2.19. The van der Waals surface area contributed by atoms with E-state index in [1.54, 1.807) is 12.1 Å². The van der Waals surface area contributed by atoms with Crippen molar-refractivity contribution in [3.05, 3.63) is 59.7 Å². The molecule has 8 heteroatoms. The molecule has 3 heterocycles. The summed E-state index contributed by atoms with van der Waals surface area (Å²) >= 11 is 0. The minimum absolute atomic E-state index is 0.122. The first-order chi connectivity index (χ1) is 13.7. The van der Waals surface area contributed by atoms with Gasteiger partial charge in [0.1, 0.15) is 11.6 Å². The second-order valence-electron chi connectivity index (χ2n) is 8.09. The van der Waals surface area contributed by atoms with Crippen LogP contribution in [0.2, 0.25) is 0 Å². The van der Waals surface area contributed by atoms with Crippen LogP contribution in [0.15, 0.2) is 42.7 Å². The second-order valence-corrected chi connectivity index (χ2v) is 8.09. The first kappa shape index (κ1) is 20.1. The molecule has 2 fully saturated rings. The van der Waals surface area contributed by atoms with E-state index in [1.807, 2.05) is 0 Å². The summed E-state index contributed by atoms with van der Waals surface area (Å²) in [5.74, 6) is -0.705. The van der Waals surface area contributed by atoms with E-state index in [4.69, 9.17) is 0 Å². The Labute approximate surface area is 165 Å². The predicted octanol–water partition coefficient (Wildman–Crippen LogP) is 4.44. The zero-order chi connectivity index (χ0) is 20.7. The third-order valence-corrected chi connectivity index (χ3v) is 6.23. The number of aliphatic hydroxyl groups excluding tert-OH is 1. The lowest BCUT2D eigenvalue weighted by Crippen LogP contribution is -2.46. The van der Waals surface area contributed by atoms with Gasteiger partial charge in [0, 0.05) is 22.8 Å². The maximum atomic E-state index is 13.5. The fourth-order valence-corrected chi connectivity index (χ4v) is 4.75. The quantitative estimate of drug-likeness (QED) is 0.692. The van der Waals surface area contributed by atoms with Gasteiger partial charge in [0.05, 0.1) is 12.3 Å². The van der Waals surface area contributed by atoms with Gasteiger partial charge < -0.3 is 15.2 Å². The number of alkyl halides is 3. The predicted molar refractivity (Wildman–Crippen MR) is 97.7 cm³/mol. The zero-order valence-electron chi connectivity index (χ0n) is 15.7. The SMILES string of the molecule is O[C@H](c1cncc(F)c1)C12CCC(CCc3ccc(OC(F)(F)F)cc3)(CC1)N2. The highest BCUT2D eigenvalue weighted by molar-refractivity contribution is 5.29. The number of nitrogens with one attached hydrogen (secondary N) is 1. The van der Waals surface area contributed by atoms with E-state index in [2.05, 4.69) is 15.0 Å². The Balaban J connectivity index is 1.39. The molecule has 2 saturated heterocycles. The molecule has 4 nitrogen and oxygen atoms in total. The maximum Gasteiger partial charge on any atom is 0.573 e. The van der Waals surface area contributed by atoms with Gasteiger partial charge in [-0.15, -0.1) is 13.2 Å². The van der Waals surface area contributed by atoms with Crippen LogP contribution >= 0.6 is 0 Å². The molecule has 29 heavy (non-hydrogen) atoms. The van der Waals surface area contributed by atoms with Gasteiger partial charge in [-0.3, -0.25) is 4.98 Å². The van der Waals surface area contributed by atoms with Gasteiger partial charge in [0.2, 0.25) is 0 Å². The fourth-order valence-electron chi connectivity index (χ4n) is 4.75. The number of pyridine rings is 1. The van der Waals surface area contributed by atoms with Crippen molar-refractivity contribution in [3.63, 3.8) is 0 Å². The number of rotatable bonds is 6. The number of hydrogen-bond acceptors (Lipinski definition) is 4. The second kappa shape index (κ2) is 7.25. The van der Waals surface area contributed by atoms with E-state index in [-0.39, 0.29) is 11.3 Å². The summed E-state index contributed by atoms with van der Waals surface area (Å²) in [7, 11) is 0. The molecule has 0 saturated carbocycles. The van der Waals surface area contributed by atoms with Crippen molar-refractivity contribution in [1.29, 1.82) is 0 Å². The molecular weight excluding hydrogens is 388 g/mol. The van der Waals surface area contributed by atoms with Gasteiger partial charge in [-0.25, -0.2) is 4.39 Å². The molecule has 4 rings (SSSR count). The van der Waals surface area contributed by atoms with Crippen LogP contribution in [0.5, 0.6) is 5.75 Å². The topological polar surface area (TPSA) is 54.4 Å². The van der Waals surface area contributed by atoms with Gasteiger partial charge in [0.15, 0.2) is 0 Å². The van der Waals surface area contributed by atoms with Crippen LogP contribution in [0.4, 0.5) is 17.6 Å². The van der Waals surface area contributed by atoms with Crippen LogP contribution < -0.4 is 10.1 Å². The average molecular weight is 410 g/mol. The molecule has 0 aliphatic carbocycles. The Morgan fingerprint density at radius 2 is 1.79 bits per heavy atom. The Bertz CT molecular complexity index is 862. The molecule has 1 atom stereocenters. The molecule has 156 valence electrons. The highest BCUT2D eigenvalue weighted by Gasteiger charge is 2.56. The third-order valence-electron chi connectivity index (χ3n) is 6.23. The molecule has 0 unspecified atom stereocenters. The summed E-state index contributed by atoms with van der Waals surface area (Å²) in [6.45, 7) is 0. The van der Waals surface area contributed by atoms with E-state index >= 15 is 0 Å². The highest BCUT2D eigenvalue weighted by Crippen LogP contribution is 2.52. The van der Waals surface area contributed by atoms with Crippen molar-refractivity contribution >= 4 is 0 Å². The molecule has 0 radical (unpaired) electrons. The minimum atomic E-state index is -4.69. The molecule has 2 bridgehead atoms. The van der Waals surface area contributed by atoms with Crippen molar-refractivity contribution in [2.45, 2.75) is 62.1 Å². The monoisotopic (exact) mass is 410 g/mol. The van der Waals surface area contributed by atoms with Gasteiger partial charge in [-0.05, 0) is 62.3 Å². The third kappa shape index (κ3) is 4.23. The first-order valence-electron chi connectivity index (χ1n) is 9.61. The number of aryl methyl sites for hydroxylation is 1. The zero-order valence-corrected chi connectivity index (χ0v) is 15.7. The Morgan fingerprint density at radius 1 is 1.10 bits per heavy atom. The number of fused-ring (bicyclic) bond motifs is 2. The van der Waals surface area contributed by atoms with Crippen molar-refractivity contribution in [1.82, 2.24) is 10.3 Å². The standard InChI is InChI=1S/C21H22F4N2O2/c22-16-11-15(12-26-13-16)18(28)20-9-7-19(27-20,8-10-20)6-5-14-1-3-17(4-2-14)29-21(23,24)25/h1-4,11-13,18,27-28H,5-10H2/t18-,19?,20?/m1/s1. The van der Waals surface area contributed by atoms with Crippen LogP contribution in [0.25, 0.3) is 0 Å². The normalized spacial score (nSPS) is 27.2. The van der Waals surface area contributed by atoms with E-state index in [0.717, 1.165) is 43.9 Å². The number of hydrogen-bond donors (Lipinski definition) is 2. The van der Waals surface area contributed by atoms with E-state index in [1.165, 1.54) is 24.4 Å². The summed E-state index contributed by atoms with van der Waals surface area (Å²) in [4.78, 5) is 3.83. The molecule has 0 amide bonds. The number of halogens is 4. The van der Waals surface area contributed by atoms with Crippen LogP contribution in [-0.4, -0.2) is 27.5 Å². The summed E-state index contributed by atoms with van der Waals surface area (Å²) in [5, 5.41) is 14.5. The van der Waals surface area contributed by atoms with Gasteiger partial charge in [-0.1, -0.05) is 12.1 Å². The lowest BCUT2D eigenvalue weighted by molar-refractivity contribution is -0.274. The molecule has 2 aliphatic heterocycles. The molecule has 2 N–H and O–H groups in total. The van der Waals surface area contributed by atoms with E-state index in [0.29, 0.717) is 12.0 Å². The number of aliphatic hydroxyl groups is 1. The minimum Gasteiger partial charge on any atom is -0.406 e. The smallest absolute Gasteiger partial charge is 0.406 e. The molecular formula is C21H22F4N2O2.